The Balaban J connectivity index is 1.52. The molecule has 35 heavy (non-hydrogen) atoms. The molecule has 2 aromatic carbocycles. The summed E-state index contributed by atoms with van der Waals surface area (Å²) in [6, 6.07) is 16.3. The second-order valence-electron chi connectivity index (χ2n) is 8.38. The number of nitrogens with zero attached hydrogens (tertiary/aromatic N) is 5. The number of methoxy groups -OCH3 is 2. The van der Waals surface area contributed by atoms with Gasteiger partial charge in [-0.3, -0.25) is 9.69 Å². The molecule has 3 aromatic rings. The molecule has 2 heterocycles. The van der Waals surface area contributed by atoms with Crippen LogP contribution in [0.1, 0.15) is 16.8 Å². The van der Waals surface area contributed by atoms with E-state index in [-0.39, 0.29) is 18.8 Å². The predicted molar refractivity (Wildman–Crippen MR) is 129 cm³/mol. The lowest BCUT2D eigenvalue weighted by Crippen LogP contribution is -2.48. The second kappa shape index (κ2) is 11.0. The number of hydrogen-bond acceptors (Lipinski definition) is 8. The van der Waals surface area contributed by atoms with Gasteiger partial charge in [0.25, 0.3) is 0 Å². The third-order valence-corrected chi connectivity index (χ3v) is 7.73. The van der Waals surface area contributed by atoms with Crippen LogP contribution in [0.4, 0.5) is 0 Å². The Morgan fingerprint density at radius 1 is 1.00 bits per heavy atom. The summed E-state index contributed by atoms with van der Waals surface area (Å²) in [5, 5.41) is 8.30. The van der Waals surface area contributed by atoms with Gasteiger partial charge in [-0.25, -0.2) is 13.1 Å². The van der Waals surface area contributed by atoms with Gasteiger partial charge in [0.15, 0.2) is 0 Å². The lowest BCUT2D eigenvalue weighted by Gasteiger charge is -2.28. The lowest BCUT2D eigenvalue weighted by atomic mass is 10.2. The molecule has 1 aliphatic rings. The quantitative estimate of drug-likeness (QED) is 0.430. The smallest absolute Gasteiger partial charge is 0.325 e. The SMILES string of the molecule is COC(=O)C1CN(Cc2ccccc2)CCS(=O)(=O)N1Cc1cn(Cc2ccc(OC)cc2)nn1. The van der Waals surface area contributed by atoms with E-state index in [1.165, 1.54) is 11.4 Å². The summed E-state index contributed by atoms with van der Waals surface area (Å²) in [4.78, 5) is 14.7. The monoisotopic (exact) mass is 499 g/mol. The molecule has 4 rings (SSSR count). The van der Waals surface area contributed by atoms with E-state index in [0.717, 1.165) is 16.9 Å². The van der Waals surface area contributed by atoms with Crippen molar-refractivity contribution in [1.82, 2.24) is 24.2 Å². The summed E-state index contributed by atoms with van der Waals surface area (Å²) in [5.74, 6) is 0.0570. The van der Waals surface area contributed by atoms with Gasteiger partial charge in [0.2, 0.25) is 10.0 Å². The Morgan fingerprint density at radius 3 is 2.40 bits per heavy atom. The summed E-state index contributed by atoms with van der Waals surface area (Å²) in [7, 11) is -0.867. The molecule has 0 amide bonds. The number of rotatable bonds is 8. The number of hydrogen-bond donors (Lipinski definition) is 0. The molecule has 1 aliphatic heterocycles. The fraction of sp³-hybridized carbons (Fsp3) is 0.375. The first-order valence-electron chi connectivity index (χ1n) is 11.2. The Hall–Kier alpha value is -3.28. The van der Waals surface area contributed by atoms with Crippen LogP contribution in [0.15, 0.2) is 60.8 Å². The minimum Gasteiger partial charge on any atom is -0.497 e. The minimum absolute atomic E-state index is 0.0656. The van der Waals surface area contributed by atoms with E-state index < -0.39 is 22.0 Å². The molecule has 10 nitrogen and oxygen atoms in total. The molecule has 0 aliphatic carbocycles. The van der Waals surface area contributed by atoms with Gasteiger partial charge in [-0.05, 0) is 23.3 Å². The Labute approximate surface area is 205 Å². The number of carbonyl (C=O) groups is 1. The van der Waals surface area contributed by atoms with Crippen LogP contribution in [0.3, 0.4) is 0 Å². The van der Waals surface area contributed by atoms with Gasteiger partial charge in [-0.1, -0.05) is 47.7 Å². The highest BCUT2D eigenvalue weighted by molar-refractivity contribution is 7.89. The zero-order valence-corrected chi connectivity index (χ0v) is 20.6. The number of esters is 1. The van der Waals surface area contributed by atoms with E-state index in [4.69, 9.17) is 9.47 Å². The third kappa shape index (κ3) is 6.24. The standard InChI is InChI=1S/C24H29N5O5S/c1-33-22-10-8-20(9-11-22)15-28-16-21(25-26-28)17-29-23(24(30)34-2)18-27(12-13-35(29,31)32)14-19-6-4-3-5-7-19/h3-11,16,23H,12-15,17-18H2,1-2H3. The van der Waals surface area contributed by atoms with E-state index in [0.29, 0.717) is 25.3 Å². The molecule has 1 fully saturated rings. The highest BCUT2D eigenvalue weighted by Gasteiger charge is 2.40. The Bertz CT molecular complexity index is 1230. The van der Waals surface area contributed by atoms with E-state index >= 15 is 0 Å². The first kappa shape index (κ1) is 24.8. The van der Waals surface area contributed by atoms with E-state index in [2.05, 4.69) is 10.3 Å². The van der Waals surface area contributed by atoms with Crippen molar-refractivity contribution >= 4 is 16.0 Å². The van der Waals surface area contributed by atoms with Crippen LogP contribution in [0.2, 0.25) is 0 Å². The molecule has 186 valence electrons. The van der Waals surface area contributed by atoms with Crippen LogP contribution in [0.5, 0.6) is 5.75 Å². The van der Waals surface area contributed by atoms with E-state index in [9.17, 15) is 13.2 Å². The number of aromatic nitrogens is 3. The summed E-state index contributed by atoms with van der Waals surface area (Å²) in [6.07, 6.45) is 1.70. The van der Waals surface area contributed by atoms with E-state index in [1.807, 2.05) is 59.5 Å². The van der Waals surface area contributed by atoms with Crippen molar-refractivity contribution in [2.24, 2.45) is 0 Å². The summed E-state index contributed by atoms with van der Waals surface area (Å²) in [5.41, 5.74) is 2.49. The van der Waals surface area contributed by atoms with Crippen molar-refractivity contribution in [1.29, 1.82) is 0 Å². The average molecular weight is 500 g/mol. The van der Waals surface area contributed by atoms with Crippen LogP contribution >= 0.6 is 0 Å². The zero-order chi connectivity index (χ0) is 24.8. The van der Waals surface area contributed by atoms with Crippen molar-refractivity contribution in [3.05, 3.63) is 77.6 Å². The van der Waals surface area contributed by atoms with Crippen LogP contribution in [-0.4, -0.2) is 77.7 Å². The highest BCUT2D eigenvalue weighted by atomic mass is 32.2. The molecular weight excluding hydrogens is 470 g/mol. The largest absolute Gasteiger partial charge is 0.497 e. The molecular formula is C24H29N5O5S. The maximum atomic E-state index is 13.2. The highest BCUT2D eigenvalue weighted by Crippen LogP contribution is 2.21. The average Bonchev–Trinajstić information content (AvgIpc) is 3.27. The van der Waals surface area contributed by atoms with Crippen molar-refractivity contribution in [3.8, 4) is 5.75 Å². The van der Waals surface area contributed by atoms with E-state index in [1.54, 1.807) is 18.0 Å². The van der Waals surface area contributed by atoms with Gasteiger partial charge in [0.1, 0.15) is 11.8 Å². The first-order chi connectivity index (χ1) is 16.9. The molecule has 0 bridgehead atoms. The van der Waals surface area contributed by atoms with Crippen LogP contribution < -0.4 is 4.74 Å². The third-order valence-electron chi connectivity index (χ3n) is 5.93. The van der Waals surface area contributed by atoms with Gasteiger partial charge in [0, 0.05) is 19.6 Å². The Morgan fingerprint density at radius 2 is 1.71 bits per heavy atom. The second-order valence-corrected chi connectivity index (χ2v) is 10.4. The van der Waals surface area contributed by atoms with Crippen molar-refractivity contribution in [2.45, 2.75) is 25.7 Å². The van der Waals surface area contributed by atoms with Gasteiger partial charge in [0.05, 0.1) is 45.0 Å². The fourth-order valence-corrected chi connectivity index (χ4v) is 5.66. The lowest BCUT2D eigenvalue weighted by molar-refractivity contribution is -0.145. The molecule has 1 saturated heterocycles. The van der Waals surface area contributed by atoms with Crippen molar-refractivity contribution < 1.29 is 22.7 Å². The zero-order valence-electron chi connectivity index (χ0n) is 19.8. The van der Waals surface area contributed by atoms with Crippen molar-refractivity contribution in [3.63, 3.8) is 0 Å². The normalized spacial score (nSPS) is 18.6. The number of sulfonamides is 1. The minimum atomic E-state index is -3.75. The van der Waals surface area contributed by atoms with Gasteiger partial charge >= 0.3 is 5.97 Å². The van der Waals surface area contributed by atoms with Gasteiger partial charge in [-0.15, -0.1) is 5.10 Å². The first-order valence-corrected chi connectivity index (χ1v) is 12.8. The predicted octanol–water partition coefficient (Wildman–Crippen LogP) is 1.52. The number of ether oxygens (including phenoxy) is 2. The molecule has 1 unspecified atom stereocenters. The number of carbonyl (C=O) groups excluding carboxylic acids is 1. The molecule has 0 radical (unpaired) electrons. The molecule has 1 atom stereocenters. The molecule has 0 N–H and O–H groups in total. The number of benzene rings is 2. The van der Waals surface area contributed by atoms with Crippen LogP contribution in [0.25, 0.3) is 0 Å². The topological polar surface area (TPSA) is 107 Å². The van der Waals surface area contributed by atoms with Crippen molar-refractivity contribution in [2.75, 3.05) is 33.1 Å². The van der Waals surface area contributed by atoms with Gasteiger partial charge < -0.3 is 9.47 Å². The molecule has 0 spiro atoms. The van der Waals surface area contributed by atoms with Crippen LogP contribution in [-0.2, 0) is 39.2 Å². The maximum Gasteiger partial charge on any atom is 0.325 e. The van der Waals surface area contributed by atoms with Gasteiger partial charge in [-0.2, -0.15) is 4.31 Å². The molecule has 0 saturated carbocycles. The Kier molecular flexibility index (Phi) is 7.79. The summed E-state index contributed by atoms with van der Waals surface area (Å²) < 4.78 is 39.4. The summed E-state index contributed by atoms with van der Waals surface area (Å²) in [6.45, 7) is 1.47. The maximum absolute atomic E-state index is 13.2. The molecule has 11 heteroatoms. The fourth-order valence-electron chi connectivity index (χ4n) is 4.07. The van der Waals surface area contributed by atoms with Crippen LogP contribution in [0, 0.1) is 0 Å². The summed E-state index contributed by atoms with van der Waals surface area (Å²) >= 11 is 0. The molecule has 1 aromatic heterocycles.